The SMILES string of the molecule is CC(C)C[C@@H]1NC(=O)CNC(=O)[C@@H]2CCCN2C(=O)[C@H](CC(N)=O)NC(=O)[C@H](C)NC(=O)[C@H](Cc2ccc(O)cc2)NC(=O)[C@@H]2CCCN2C1=O. The Morgan fingerprint density at radius 3 is 1.94 bits per heavy atom. The minimum Gasteiger partial charge on any atom is -0.508 e. The lowest BCUT2D eigenvalue weighted by Gasteiger charge is -2.30. The van der Waals surface area contributed by atoms with Crippen LogP contribution < -0.4 is 32.3 Å². The van der Waals surface area contributed by atoms with Crippen molar-refractivity contribution in [1.29, 1.82) is 0 Å². The molecule has 6 atom stereocenters. The van der Waals surface area contributed by atoms with Crippen molar-refractivity contribution in [3.63, 3.8) is 0 Å². The molecule has 0 saturated carbocycles. The summed E-state index contributed by atoms with van der Waals surface area (Å²) in [6, 6.07) is -0.934. The number of aromatic hydroxyl groups is 1. The molecule has 3 aliphatic rings. The van der Waals surface area contributed by atoms with Gasteiger partial charge in [-0.25, -0.2) is 0 Å². The number of amides is 8. The first-order chi connectivity index (χ1) is 24.1. The van der Waals surface area contributed by atoms with Gasteiger partial charge in [0, 0.05) is 19.5 Å². The summed E-state index contributed by atoms with van der Waals surface area (Å²) >= 11 is 0. The van der Waals surface area contributed by atoms with Crippen molar-refractivity contribution in [3.8, 4) is 5.75 Å². The van der Waals surface area contributed by atoms with Crippen molar-refractivity contribution in [2.45, 2.75) is 102 Å². The number of benzene rings is 1. The van der Waals surface area contributed by atoms with E-state index in [2.05, 4.69) is 26.6 Å². The first-order valence-electron chi connectivity index (χ1n) is 17.3. The second-order valence-electron chi connectivity index (χ2n) is 13.7. The zero-order valence-corrected chi connectivity index (χ0v) is 29.1. The lowest BCUT2D eigenvalue weighted by molar-refractivity contribution is -0.143. The van der Waals surface area contributed by atoms with E-state index in [1.165, 1.54) is 28.9 Å². The minimum atomic E-state index is -1.45. The van der Waals surface area contributed by atoms with Crippen LogP contribution in [0.3, 0.4) is 0 Å². The first kappa shape index (κ1) is 38.6. The summed E-state index contributed by atoms with van der Waals surface area (Å²) in [6.45, 7) is 4.99. The maximum Gasteiger partial charge on any atom is 0.246 e. The average molecular weight is 713 g/mol. The Morgan fingerprint density at radius 1 is 0.784 bits per heavy atom. The lowest BCUT2D eigenvalue weighted by Crippen LogP contribution is -2.59. The van der Waals surface area contributed by atoms with Crippen LogP contribution in [-0.4, -0.2) is 118 Å². The molecule has 1 aromatic carbocycles. The van der Waals surface area contributed by atoms with Gasteiger partial charge in [0.05, 0.1) is 13.0 Å². The van der Waals surface area contributed by atoms with E-state index in [4.69, 9.17) is 5.73 Å². The molecule has 0 bridgehead atoms. The number of nitrogens with one attached hydrogen (secondary N) is 5. The number of rotatable bonds is 6. The van der Waals surface area contributed by atoms with Gasteiger partial charge in [-0.15, -0.1) is 0 Å². The second kappa shape index (κ2) is 17.1. The van der Waals surface area contributed by atoms with Crippen LogP contribution in [0.1, 0.15) is 64.9 Å². The van der Waals surface area contributed by atoms with E-state index in [0.29, 0.717) is 24.8 Å². The molecular formula is C34H48N8O9. The molecule has 8 N–H and O–H groups in total. The van der Waals surface area contributed by atoms with Crippen LogP contribution in [0, 0.1) is 5.92 Å². The van der Waals surface area contributed by atoms with Crippen molar-refractivity contribution in [3.05, 3.63) is 29.8 Å². The van der Waals surface area contributed by atoms with Gasteiger partial charge in [-0.1, -0.05) is 26.0 Å². The van der Waals surface area contributed by atoms with Crippen LogP contribution in [0.2, 0.25) is 0 Å². The van der Waals surface area contributed by atoms with E-state index in [9.17, 15) is 43.5 Å². The molecule has 3 aliphatic heterocycles. The molecule has 0 aliphatic carbocycles. The molecule has 51 heavy (non-hydrogen) atoms. The van der Waals surface area contributed by atoms with Crippen molar-refractivity contribution < 1.29 is 43.5 Å². The van der Waals surface area contributed by atoms with Crippen LogP contribution in [0.15, 0.2) is 24.3 Å². The van der Waals surface area contributed by atoms with Gasteiger partial charge in [0.2, 0.25) is 47.3 Å². The Bertz CT molecular complexity index is 1520. The number of hydrogen-bond acceptors (Lipinski definition) is 9. The maximum absolute atomic E-state index is 13.9. The number of phenolic OH excluding ortho intramolecular Hbond substituents is 1. The van der Waals surface area contributed by atoms with Crippen LogP contribution in [-0.2, 0) is 44.8 Å². The summed E-state index contributed by atoms with van der Waals surface area (Å²) in [5, 5.41) is 22.7. The molecule has 0 radical (unpaired) electrons. The molecular weight excluding hydrogens is 664 g/mol. The van der Waals surface area contributed by atoms with Gasteiger partial charge in [-0.3, -0.25) is 38.4 Å². The van der Waals surface area contributed by atoms with E-state index < -0.39 is 96.5 Å². The highest BCUT2D eigenvalue weighted by atomic mass is 16.3. The van der Waals surface area contributed by atoms with Gasteiger partial charge in [0.25, 0.3) is 0 Å². The first-order valence-corrected chi connectivity index (χ1v) is 17.3. The Balaban J connectivity index is 1.68. The standard InChI is InChI=1S/C34H48N8O9/c1-18(2)14-23-33(50)42-13-5-7-26(42)32(49)39-22(15-20-8-10-21(43)11-9-20)30(47)37-19(3)29(46)40-24(16-27(35)44)34(51)41-12-4-6-25(41)31(48)36-17-28(45)38-23/h8-11,18-19,22-26,43H,4-7,12-17H2,1-3H3,(H2,35,44)(H,36,48)(H,37,47)(H,38,45)(H,39,49)(H,40,46)/t19-,22-,23-,24-,25-,26-/m0/s1. The average Bonchev–Trinajstić information content (AvgIpc) is 3.76. The number of primary amides is 1. The van der Waals surface area contributed by atoms with Crippen LogP contribution in [0.4, 0.5) is 0 Å². The van der Waals surface area contributed by atoms with E-state index in [0.717, 1.165) is 0 Å². The van der Waals surface area contributed by atoms with E-state index >= 15 is 0 Å². The molecule has 1 aromatic rings. The van der Waals surface area contributed by atoms with Gasteiger partial charge in [-0.2, -0.15) is 0 Å². The highest BCUT2D eigenvalue weighted by Gasteiger charge is 2.41. The highest BCUT2D eigenvalue weighted by molar-refractivity contribution is 5.99. The summed E-state index contributed by atoms with van der Waals surface area (Å²) in [5.41, 5.74) is 5.98. The number of carbonyl (C=O) groups excluding carboxylic acids is 8. The molecule has 3 heterocycles. The number of nitrogens with zero attached hydrogens (tertiary/aromatic N) is 2. The van der Waals surface area contributed by atoms with Crippen LogP contribution in [0.5, 0.6) is 5.75 Å². The van der Waals surface area contributed by atoms with Crippen molar-refractivity contribution >= 4 is 47.3 Å². The van der Waals surface area contributed by atoms with Gasteiger partial charge in [0.1, 0.15) is 42.0 Å². The molecule has 17 heteroatoms. The van der Waals surface area contributed by atoms with Crippen LogP contribution >= 0.6 is 0 Å². The minimum absolute atomic E-state index is 0.00643. The fraction of sp³-hybridized carbons (Fsp3) is 0.588. The third-order valence-electron chi connectivity index (χ3n) is 9.22. The number of carbonyl (C=O) groups is 8. The summed E-state index contributed by atoms with van der Waals surface area (Å²) in [5.74, 6) is -5.62. The van der Waals surface area contributed by atoms with Gasteiger partial charge in [-0.05, 0) is 62.6 Å². The van der Waals surface area contributed by atoms with Gasteiger partial charge >= 0.3 is 0 Å². The van der Waals surface area contributed by atoms with E-state index in [1.807, 2.05) is 13.8 Å². The van der Waals surface area contributed by atoms with Crippen molar-refractivity contribution in [2.75, 3.05) is 19.6 Å². The number of fused-ring (bicyclic) bond motifs is 2. The van der Waals surface area contributed by atoms with Crippen molar-refractivity contribution in [2.24, 2.45) is 11.7 Å². The maximum atomic E-state index is 13.9. The molecule has 0 aromatic heterocycles. The van der Waals surface area contributed by atoms with E-state index in [-0.39, 0.29) is 44.0 Å². The Hall–Kier alpha value is -5.22. The fourth-order valence-electron chi connectivity index (χ4n) is 6.65. The quantitative estimate of drug-likeness (QED) is 0.171. The molecule has 0 spiro atoms. The second-order valence-corrected chi connectivity index (χ2v) is 13.7. The molecule has 0 unspecified atom stereocenters. The Labute approximate surface area is 295 Å². The largest absolute Gasteiger partial charge is 0.508 e. The molecule has 278 valence electrons. The number of phenols is 1. The topological polar surface area (TPSA) is 249 Å². The molecule has 8 amide bonds. The van der Waals surface area contributed by atoms with Crippen molar-refractivity contribution in [1.82, 2.24) is 36.4 Å². The summed E-state index contributed by atoms with van der Waals surface area (Å²) in [4.78, 5) is 109. The normalized spacial score (nSPS) is 27.4. The fourth-order valence-corrected chi connectivity index (χ4v) is 6.65. The molecule has 17 nitrogen and oxygen atoms in total. The van der Waals surface area contributed by atoms with Gasteiger partial charge < -0.3 is 47.2 Å². The summed E-state index contributed by atoms with van der Waals surface area (Å²) in [6.07, 6.45) is 1.13. The highest BCUT2D eigenvalue weighted by Crippen LogP contribution is 2.22. The molecule has 4 rings (SSSR count). The van der Waals surface area contributed by atoms with E-state index in [1.54, 1.807) is 12.1 Å². The molecule has 3 saturated heterocycles. The molecule has 3 fully saturated rings. The third-order valence-corrected chi connectivity index (χ3v) is 9.22. The number of hydrogen-bond donors (Lipinski definition) is 7. The smallest absolute Gasteiger partial charge is 0.246 e. The monoisotopic (exact) mass is 712 g/mol. The predicted octanol–water partition coefficient (Wildman–Crippen LogP) is -2.07. The lowest BCUT2D eigenvalue weighted by atomic mass is 10.0. The van der Waals surface area contributed by atoms with Crippen LogP contribution in [0.25, 0.3) is 0 Å². The zero-order valence-electron chi connectivity index (χ0n) is 29.1. The summed E-state index contributed by atoms with van der Waals surface area (Å²) in [7, 11) is 0. The predicted molar refractivity (Wildman–Crippen MR) is 181 cm³/mol. The van der Waals surface area contributed by atoms with Gasteiger partial charge in [0.15, 0.2) is 0 Å². The zero-order chi connectivity index (χ0) is 37.4. The Kier molecular flexibility index (Phi) is 13.0. The third kappa shape index (κ3) is 10.2. The summed E-state index contributed by atoms with van der Waals surface area (Å²) < 4.78 is 0. The Morgan fingerprint density at radius 2 is 1.35 bits per heavy atom. The number of nitrogens with two attached hydrogens (primary N) is 1.